The molecule has 114 valence electrons. The predicted molar refractivity (Wildman–Crippen MR) is 64.1 cm³/mol. The number of methoxy groups -OCH3 is 3. The molecular weight excluding hydrogens is 280 g/mol. The zero-order valence-corrected chi connectivity index (χ0v) is 12.1. The molecular formula is C10H20O8S. The average molecular weight is 300 g/mol. The topological polar surface area (TPSA) is 101 Å². The third kappa shape index (κ3) is 4.35. The average Bonchev–Trinajstić information content (AvgIpc) is 2.30. The van der Waals surface area contributed by atoms with Crippen LogP contribution in [0.15, 0.2) is 0 Å². The van der Waals surface area contributed by atoms with Crippen LogP contribution in [0.2, 0.25) is 0 Å². The number of rotatable bonds is 6. The summed E-state index contributed by atoms with van der Waals surface area (Å²) in [5.74, 6) is 0. The number of hydrogen-bond acceptors (Lipinski definition) is 8. The Morgan fingerprint density at radius 1 is 1.11 bits per heavy atom. The van der Waals surface area contributed by atoms with E-state index < -0.39 is 40.8 Å². The molecule has 0 aromatic rings. The van der Waals surface area contributed by atoms with Gasteiger partial charge in [0.15, 0.2) is 12.4 Å². The number of aliphatic hydroxyl groups excluding tert-OH is 1. The van der Waals surface area contributed by atoms with Crippen molar-refractivity contribution in [3.63, 3.8) is 0 Å². The second kappa shape index (κ2) is 6.93. The molecule has 1 saturated heterocycles. The first-order valence-electron chi connectivity index (χ1n) is 5.60. The van der Waals surface area contributed by atoms with Crippen molar-refractivity contribution in [2.24, 2.45) is 0 Å². The third-order valence-electron chi connectivity index (χ3n) is 2.77. The summed E-state index contributed by atoms with van der Waals surface area (Å²) < 4.78 is 47.8. The fourth-order valence-electron chi connectivity index (χ4n) is 2.05. The summed E-state index contributed by atoms with van der Waals surface area (Å²) in [6.07, 6.45) is -3.78. The molecule has 1 aliphatic heterocycles. The molecule has 1 rings (SSSR count). The molecule has 0 saturated carbocycles. The molecule has 0 aromatic heterocycles. The van der Waals surface area contributed by atoms with Crippen molar-refractivity contribution in [3.8, 4) is 0 Å². The smallest absolute Gasteiger partial charge is 0.264 e. The summed E-state index contributed by atoms with van der Waals surface area (Å²) in [5.41, 5.74) is 0. The van der Waals surface area contributed by atoms with E-state index in [0.717, 1.165) is 6.26 Å². The highest BCUT2D eigenvalue weighted by molar-refractivity contribution is 7.86. The summed E-state index contributed by atoms with van der Waals surface area (Å²) >= 11 is 0. The summed E-state index contributed by atoms with van der Waals surface area (Å²) in [6, 6.07) is 0. The van der Waals surface area contributed by atoms with Gasteiger partial charge >= 0.3 is 0 Å². The van der Waals surface area contributed by atoms with Gasteiger partial charge in [0.05, 0.1) is 12.9 Å². The summed E-state index contributed by atoms with van der Waals surface area (Å²) in [7, 11) is 0.508. The molecule has 0 radical (unpaired) electrons. The molecule has 0 spiro atoms. The van der Waals surface area contributed by atoms with E-state index in [4.69, 9.17) is 23.1 Å². The SMILES string of the molecule is COC[C@H]1O[C@@H](O)[C@H](OS(C)(=O)=O)[C@@H](OC)[C@H]1OC. The highest BCUT2D eigenvalue weighted by Crippen LogP contribution is 2.27. The molecule has 1 fully saturated rings. The van der Waals surface area contributed by atoms with E-state index in [9.17, 15) is 13.5 Å². The molecule has 0 aromatic carbocycles. The van der Waals surface area contributed by atoms with Gasteiger partial charge in [-0.2, -0.15) is 8.42 Å². The lowest BCUT2D eigenvalue weighted by atomic mass is 9.99. The van der Waals surface area contributed by atoms with Crippen LogP contribution in [0.25, 0.3) is 0 Å². The van der Waals surface area contributed by atoms with Crippen molar-refractivity contribution in [2.45, 2.75) is 30.7 Å². The van der Waals surface area contributed by atoms with Gasteiger partial charge < -0.3 is 24.1 Å². The lowest BCUT2D eigenvalue weighted by Crippen LogP contribution is -2.61. The van der Waals surface area contributed by atoms with E-state index in [1.54, 1.807) is 0 Å². The molecule has 8 nitrogen and oxygen atoms in total. The van der Waals surface area contributed by atoms with E-state index in [-0.39, 0.29) is 6.61 Å². The van der Waals surface area contributed by atoms with Crippen LogP contribution in [0.1, 0.15) is 0 Å². The quantitative estimate of drug-likeness (QED) is 0.606. The van der Waals surface area contributed by atoms with Gasteiger partial charge in [0.2, 0.25) is 0 Å². The van der Waals surface area contributed by atoms with Gasteiger partial charge in [0.25, 0.3) is 10.1 Å². The molecule has 9 heteroatoms. The third-order valence-corrected chi connectivity index (χ3v) is 3.34. The maximum atomic E-state index is 11.2. The Kier molecular flexibility index (Phi) is 6.12. The minimum atomic E-state index is -3.77. The van der Waals surface area contributed by atoms with Crippen LogP contribution in [0.4, 0.5) is 0 Å². The van der Waals surface area contributed by atoms with E-state index >= 15 is 0 Å². The maximum Gasteiger partial charge on any atom is 0.264 e. The first-order valence-corrected chi connectivity index (χ1v) is 7.42. The molecule has 5 atom stereocenters. The highest BCUT2D eigenvalue weighted by atomic mass is 32.2. The Bertz CT molecular complexity index is 370. The zero-order valence-electron chi connectivity index (χ0n) is 11.3. The van der Waals surface area contributed by atoms with Gasteiger partial charge in [0, 0.05) is 21.3 Å². The van der Waals surface area contributed by atoms with Gasteiger partial charge in [-0.05, 0) is 0 Å². The van der Waals surface area contributed by atoms with Crippen LogP contribution in [0, 0.1) is 0 Å². The molecule has 1 N–H and O–H groups in total. The summed E-state index contributed by atoms with van der Waals surface area (Å²) in [4.78, 5) is 0. The summed E-state index contributed by atoms with van der Waals surface area (Å²) in [5, 5.41) is 9.84. The van der Waals surface area contributed by atoms with Crippen molar-refractivity contribution in [2.75, 3.05) is 34.2 Å². The monoisotopic (exact) mass is 300 g/mol. The van der Waals surface area contributed by atoms with Gasteiger partial charge in [-0.3, -0.25) is 4.18 Å². The fraction of sp³-hybridized carbons (Fsp3) is 1.00. The van der Waals surface area contributed by atoms with E-state index in [1.165, 1.54) is 21.3 Å². The lowest BCUT2D eigenvalue weighted by molar-refractivity contribution is -0.289. The van der Waals surface area contributed by atoms with Crippen LogP contribution in [0.3, 0.4) is 0 Å². The van der Waals surface area contributed by atoms with Crippen molar-refractivity contribution in [3.05, 3.63) is 0 Å². The largest absolute Gasteiger partial charge is 0.382 e. The van der Waals surface area contributed by atoms with E-state index in [1.807, 2.05) is 0 Å². The molecule has 0 unspecified atom stereocenters. The van der Waals surface area contributed by atoms with Crippen molar-refractivity contribution < 1.29 is 36.7 Å². The Hall–Kier alpha value is -0.290. The Labute approximate surface area is 112 Å². The molecule has 0 amide bonds. The lowest BCUT2D eigenvalue weighted by Gasteiger charge is -2.42. The first kappa shape index (κ1) is 16.8. The van der Waals surface area contributed by atoms with Gasteiger partial charge in [-0.1, -0.05) is 0 Å². The first-order chi connectivity index (χ1) is 8.84. The predicted octanol–water partition coefficient (Wildman–Crippen LogP) is -1.28. The Balaban J connectivity index is 2.93. The van der Waals surface area contributed by atoms with Crippen LogP contribution >= 0.6 is 0 Å². The minimum Gasteiger partial charge on any atom is -0.382 e. The summed E-state index contributed by atoms with van der Waals surface area (Å²) in [6.45, 7) is 0.168. The highest BCUT2D eigenvalue weighted by Gasteiger charge is 2.48. The Morgan fingerprint density at radius 2 is 1.68 bits per heavy atom. The second-order valence-corrected chi connectivity index (χ2v) is 5.79. The van der Waals surface area contributed by atoms with Gasteiger partial charge in [-0.25, -0.2) is 0 Å². The van der Waals surface area contributed by atoms with E-state index in [0.29, 0.717) is 0 Å². The molecule has 0 bridgehead atoms. The molecule has 0 aliphatic carbocycles. The fourth-order valence-corrected chi connectivity index (χ4v) is 2.66. The molecule has 1 aliphatic rings. The van der Waals surface area contributed by atoms with E-state index in [2.05, 4.69) is 0 Å². The van der Waals surface area contributed by atoms with Crippen LogP contribution in [-0.4, -0.2) is 78.4 Å². The second-order valence-electron chi connectivity index (χ2n) is 4.19. The number of aliphatic hydroxyl groups is 1. The van der Waals surface area contributed by atoms with Crippen molar-refractivity contribution in [1.82, 2.24) is 0 Å². The maximum absolute atomic E-state index is 11.2. The minimum absolute atomic E-state index is 0.168. The Morgan fingerprint density at radius 3 is 2.11 bits per heavy atom. The van der Waals surface area contributed by atoms with Crippen LogP contribution in [0.5, 0.6) is 0 Å². The van der Waals surface area contributed by atoms with Gasteiger partial charge in [-0.15, -0.1) is 0 Å². The van der Waals surface area contributed by atoms with Crippen molar-refractivity contribution in [1.29, 1.82) is 0 Å². The normalized spacial score (nSPS) is 36.4. The standard InChI is InChI=1S/C10H20O8S/c1-14-5-6-7(15-2)8(16-3)9(10(11)17-6)18-19(4,12)13/h6-11H,5H2,1-4H3/t6-,7+,8+,9-,10-/m1/s1. The van der Waals surface area contributed by atoms with Crippen LogP contribution < -0.4 is 0 Å². The van der Waals surface area contributed by atoms with Gasteiger partial charge in [0.1, 0.15) is 18.3 Å². The number of hydrogen-bond donors (Lipinski definition) is 1. The molecule has 1 heterocycles. The number of ether oxygens (including phenoxy) is 4. The molecule has 19 heavy (non-hydrogen) atoms. The van der Waals surface area contributed by atoms with Crippen molar-refractivity contribution >= 4 is 10.1 Å². The van der Waals surface area contributed by atoms with Crippen LogP contribution in [-0.2, 0) is 33.2 Å². The zero-order chi connectivity index (χ0) is 14.6.